The van der Waals surface area contributed by atoms with Gasteiger partial charge in [0.25, 0.3) is 0 Å². The van der Waals surface area contributed by atoms with Crippen molar-refractivity contribution in [2.24, 2.45) is 5.92 Å². The molecular formula is C16H24BrCl. The first-order valence-corrected chi connectivity index (χ1v) is 8.52. The van der Waals surface area contributed by atoms with Crippen LogP contribution in [0.25, 0.3) is 0 Å². The largest absolute Gasteiger partial charge is 0.0921 e. The number of unbranched alkanes of at least 4 members (excludes halogenated alkanes) is 1. The third-order valence-corrected chi connectivity index (χ3v) is 4.68. The smallest absolute Gasteiger partial charge is 0.0408 e. The van der Waals surface area contributed by atoms with E-state index in [0.29, 0.717) is 5.92 Å². The Balaban J connectivity index is 2.65. The molecule has 0 heterocycles. The number of halogens is 2. The van der Waals surface area contributed by atoms with Gasteiger partial charge in [-0.25, -0.2) is 0 Å². The summed E-state index contributed by atoms with van der Waals surface area (Å²) in [5.41, 5.74) is 1.37. The maximum Gasteiger partial charge on any atom is 0.0408 e. The van der Waals surface area contributed by atoms with Gasteiger partial charge in [-0.3, -0.25) is 0 Å². The Morgan fingerprint density at radius 1 is 1.28 bits per heavy atom. The molecule has 0 aromatic heterocycles. The lowest BCUT2D eigenvalue weighted by Gasteiger charge is -2.21. The van der Waals surface area contributed by atoms with Gasteiger partial charge in [0.2, 0.25) is 0 Å². The SMILES string of the molecule is CCCCC(CC)CC(CBr)c1cccc(Cl)c1. The van der Waals surface area contributed by atoms with Crippen LogP contribution in [-0.2, 0) is 0 Å². The first-order valence-electron chi connectivity index (χ1n) is 7.02. The molecular weight excluding hydrogens is 308 g/mol. The first kappa shape index (κ1) is 16.0. The van der Waals surface area contributed by atoms with Crippen molar-refractivity contribution in [3.05, 3.63) is 34.9 Å². The molecule has 0 fully saturated rings. The number of benzene rings is 1. The van der Waals surface area contributed by atoms with Crippen LogP contribution in [0.3, 0.4) is 0 Å². The summed E-state index contributed by atoms with van der Waals surface area (Å²) in [6.07, 6.45) is 6.55. The topological polar surface area (TPSA) is 0 Å². The second-order valence-electron chi connectivity index (χ2n) is 5.06. The standard InChI is InChI=1S/C16H24BrCl/c1-3-5-7-13(4-2)10-15(12-17)14-8-6-9-16(18)11-14/h6,8-9,11,13,15H,3-5,7,10,12H2,1-2H3. The van der Waals surface area contributed by atoms with Crippen LogP contribution >= 0.6 is 27.5 Å². The minimum absolute atomic E-state index is 0.588. The zero-order valence-corrected chi connectivity index (χ0v) is 13.8. The Bertz CT molecular complexity index is 338. The van der Waals surface area contributed by atoms with E-state index in [9.17, 15) is 0 Å². The van der Waals surface area contributed by atoms with Crippen molar-refractivity contribution < 1.29 is 0 Å². The van der Waals surface area contributed by atoms with Crippen molar-refractivity contribution in [1.29, 1.82) is 0 Å². The molecule has 0 radical (unpaired) electrons. The van der Waals surface area contributed by atoms with E-state index >= 15 is 0 Å². The molecule has 0 aliphatic heterocycles. The van der Waals surface area contributed by atoms with E-state index in [1.54, 1.807) is 0 Å². The van der Waals surface area contributed by atoms with Gasteiger partial charge in [-0.15, -0.1) is 0 Å². The van der Waals surface area contributed by atoms with E-state index in [1.807, 2.05) is 6.07 Å². The Morgan fingerprint density at radius 3 is 2.61 bits per heavy atom. The van der Waals surface area contributed by atoms with Gasteiger partial charge < -0.3 is 0 Å². The van der Waals surface area contributed by atoms with Gasteiger partial charge in [0.15, 0.2) is 0 Å². The predicted molar refractivity (Wildman–Crippen MR) is 85.9 cm³/mol. The van der Waals surface area contributed by atoms with Crippen LogP contribution in [0.5, 0.6) is 0 Å². The lowest BCUT2D eigenvalue weighted by molar-refractivity contribution is 0.397. The average molecular weight is 332 g/mol. The van der Waals surface area contributed by atoms with Crippen molar-refractivity contribution in [3.63, 3.8) is 0 Å². The molecule has 1 rings (SSSR count). The number of rotatable bonds is 8. The van der Waals surface area contributed by atoms with Crippen LogP contribution in [0.4, 0.5) is 0 Å². The Kier molecular flexibility index (Phi) is 8.01. The third-order valence-electron chi connectivity index (χ3n) is 3.67. The molecule has 0 amide bonds. The molecule has 0 saturated carbocycles. The summed E-state index contributed by atoms with van der Waals surface area (Å²) < 4.78 is 0. The molecule has 2 heteroatoms. The second-order valence-corrected chi connectivity index (χ2v) is 6.14. The van der Waals surface area contributed by atoms with E-state index in [0.717, 1.165) is 16.3 Å². The van der Waals surface area contributed by atoms with Gasteiger partial charge in [-0.1, -0.05) is 79.2 Å². The molecule has 2 unspecified atom stereocenters. The van der Waals surface area contributed by atoms with E-state index in [2.05, 4.69) is 48.0 Å². The number of hydrogen-bond donors (Lipinski definition) is 0. The third kappa shape index (κ3) is 5.32. The minimum atomic E-state index is 0.588. The molecule has 102 valence electrons. The molecule has 2 atom stereocenters. The quantitative estimate of drug-likeness (QED) is 0.482. The fourth-order valence-electron chi connectivity index (χ4n) is 2.43. The molecule has 0 spiro atoms. The zero-order valence-electron chi connectivity index (χ0n) is 11.5. The average Bonchev–Trinajstić information content (AvgIpc) is 2.39. The van der Waals surface area contributed by atoms with Gasteiger partial charge >= 0.3 is 0 Å². The monoisotopic (exact) mass is 330 g/mol. The van der Waals surface area contributed by atoms with Crippen LogP contribution in [0.15, 0.2) is 24.3 Å². The highest BCUT2D eigenvalue weighted by Crippen LogP contribution is 2.31. The lowest BCUT2D eigenvalue weighted by atomic mass is 9.86. The van der Waals surface area contributed by atoms with Gasteiger partial charge in [0, 0.05) is 10.4 Å². The van der Waals surface area contributed by atoms with Crippen molar-refractivity contribution >= 4 is 27.5 Å². The maximum absolute atomic E-state index is 6.08. The Hall–Kier alpha value is -0.0100. The predicted octanol–water partition coefficient (Wildman–Crippen LogP) is 6.43. The first-order chi connectivity index (χ1) is 8.71. The summed E-state index contributed by atoms with van der Waals surface area (Å²) in [5, 5.41) is 1.87. The molecule has 1 aromatic carbocycles. The summed E-state index contributed by atoms with van der Waals surface area (Å²) in [4.78, 5) is 0. The van der Waals surface area contributed by atoms with E-state index in [4.69, 9.17) is 11.6 Å². The van der Waals surface area contributed by atoms with Gasteiger partial charge in [0.05, 0.1) is 0 Å². The van der Waals surface area contributed by atoms with E-state index in [-0.39, 0.29) is 0 Å². The maximum atomic E-state index is 6.08. The summed E-state index contributed by atoms with van der Waals surface area (Å²) in [5.74, 6) is 1.43. The van der Waals surface area contributed by atoms with Crippen molar-refractivity contribution in [3.8, 4) is 0 Å². The summed E-state index contributed by atoms with van der Waals surface area (Å²) in [7, 11) is 0. The molecule has 0 saturated heterocycles. The molecule has 0 aliphatic rings. The summed E-state index contributed by atoms with van der Waals surface area (Å²) in [6, 6.07) is 8.31. The molecule has 18 heavy (non-hydrogen) atoms. The van der Waals surface area contributed by atoms with Crippen LogP contribution < -0.4 is 0 Å². The van der Waals surface area contributed by atoms with Gasteiger partial charge in [0.1, 0.15) is 0 Å². The van der Waals surface area contributed by atoms with Crippen molar-refractivity contribution in [2.45, 2.75) is 51.9 Å². The lowest BCUT2D eigenvalue weighted by Crippen LogP contribution is -2.08. The van der Waals surface area contributed by atoms with Crippen LogP contribution in [0, 0.1) is 5.92 Å². The number of alkyl halides is 1. The highest BCUT2D eigenvalue weighted by atomic mass is 79.9. The van der Waals surface area contributed by atoms with Crippen molar-refractivity contribution in [1.82, 2.24) is 0 Å². The van der Waals surface area contributed by atoms with Crippen LogP contribution in [0.1, 0.15) is 57.4 Å². The minimum Gasteiger partial charge on any atom is -0.0921 e. The second kappa shape index (κ2) is 8.98. The molecule has 1 aromatic rings. The Morgan fingerprint density at radius 2 is 2.06 bits per heavy atom. The van der Waals surface area contributed by atoms with Crippen molar-refractivity contribution in [2.75, 3.05) is 5.33 Å². The molecule has 0 bridgehead atoms. The fourth-order valence-corrected chi connectivity index (χ4v) is 3.27. The fraction of sp³-hybridized carbons (Fsp3) is 0.625. The van der Waals surface area contributed by atoms with Crippen LogP contribution in [-0.4, -0.2) is 5.33 Å². The van der Waals surface area contributed by atoms with Crippen LogP contribution in [0.2, 0.25) is 5.02 Å². The normalized spacial score (nSPS) is 14.4. The summed E-state index contributed by atoms with van der Waals surface area (Å²) >= 11 is 9.74. The summed E-state index contributed by atoms with van der Waals surface area (Å²) in [6.45, 7) is 4.58. The van der Waals surface area contributed by atoms with E-state index < -0.39 is 0 Å². The number of hydrogen-bond acceptors (Lipinski definition) is 0. The molecule has 0 nitrogen and oxygen atoms in total. The Labute approximate surface area is 125 Å². The highest BCUT2D eigenvalue weighted by molar-refractivity contribution is 9.09. The molecule has 0 N–H and O–H groups in total. The zero-order chi connectivity index (χ0) is 13.4. The van der Waals surface area contributed by atoms with E-state index in [1.165, 1.54) is 37.7 Å². The highest BCUT2D eigenvalue weighted by Gasteiger charge is 2.16. The van der Waals surface area contributed by atoms with Gasteiger partial charge in [-0.2, -0.15) is 0 Å². The van der Waals surface area contributed by atoms with Gasteiger partial charge in [-0.05, 0) is 36.0 Å². The molecule has 0 aliphatic carbocycles.